The van der Waals surface area contributed by atoms with E-state index in [9.17, 15) is 5.11 Å². The lowest BCUT2D eigenvalue weighted by atomic mass is 10.0. The van der Waals surface area contributed by atoms with E-state index in [1.54, 1.807) is 0 Å². The lowest BCUT2D eigenvalue weighted by Crippen LogP contribution is -2.24. The summed E-state index contributed by atoms with van der Waals surface area (Å²) >= 11 is 0. The van der Waals surface area contributed by atoms with Crippen LogP contribution in [0, 0.1) is 0 Å². The van der Waals surface area contributed by atoms with E-state index in [1.807, 2.05) is 48.3 Å². The topological polar surface area (TPSA) is 50.1 Å². The van der Waals surface area contributed by atoms with Crippen molar-refractivity contribution < 1.29 is 5.11 Å². The highest BCUT2D eigenvalue weighted by Crippen LogP contribution is 2.19. The molecule has 20 heavy (non-hydrogen) atoms. The van der Waals surface area contributed by atoms with Gasteiger partial charge in [0.15, 0.2) is 0 Å². The molecular formula is C16H23N3O. The monoisotopic (exact) mass is 273 g/mol. The number of benzene rings is 1. The number of nitrogens with zero attached hydrogens (tertiary/aromatic N) is 2. The Balaban J connectivity index is 2.07. The van der Waals surface area contributed by atoms with Gasteiger partial charge in [-0.15, -0.1) is 0 Å². The van der Waals surface area contributed by atoms with Crippen molar-refractivity contribution in [2.75, 3.05) is 6.61 Å². The summed E-state index contributed by atoms with van der Waals surface area (Å²) in [6.45, 7) is 5.09. The predicted octanol–water partition coefficient (Wildman–Crippen LogP) is 2.37. The van der Waals surface area contributed by atoms with Crippen LogP contribution in [0.25, 0.3) is 0 Å². The Bertz CT molecular complexity index is 534. The Morgan fingerprint density at radius 1 is 1.25 bits per heavy atom. The Morgan fingerprint density at radius 3 is 2.55 bits per heavy atom. The largest absolute Gasteiger partial charge is 0.394 e. The van der Waals surface area contributed by atoms with Gasteiger partial charge in [0, 0.05) is 25.4 Å². The van der Waals surface area contributed by atoms with Crippen molar-refractivity contribution in [2.45, 2.75) is 32.4 Å². The van der Waals surface area contributed by atoms with E-state index in [-0.39, 0.29) is 12.6 Å². The standard InChI is InChI=1S/C16H23N3O/c1-12(2)16-14(10-19(3)18-16)9-17-15(11-20)13-7-5-4-6-8-13/h4-8,10,12,15,17,20H,9,11H2,1-3H3/t15-/m0/s1. The third kappa shape index (κ3) is 3.46. The second-order valence-electron chi connectivity index (χ2n) is 5.39. The lowest BCUT2D eigenvalue weighted by molar-refractivity contribution is 0.243. The molecule has 0 amide bonds. The smallest absolute Gasteiger partial charge is 0.0694 e. The number of hydrogen-bond acceptors (Lipinski definition) is 3. The summed E-state index contributed by atoms with van der Waals surface area (Å²) in [5.74, 6) is 0.400. The van der Waals surface area contributed by atoms with Crippen LogP contribution in [0.1, 0.15) is 42.6 Å². The molecule has 0 radical (unpaired) electrons. The fourth-order valence-corrected chi connectivity index (χ4v) is 2.38. The number of aryl methyl sites for hydroxylation is 1. The fraction of sp³-hybridized carbons (Fsp3) is 0.438. The van der Waals surface area contributed by atoms with Crippen LogP contribution >= 0.6 is 0 Å². The fourth-order valence-electron chi connectivity index (χ4n) is 2.38. The van der Waals surface area contributed by atoms with E-state index in [2.05, 4.69) is 24.3 Å². The van der Waals surface area contributed by atoms with Gasteiger partial charge in [0.2, 0.25) is 0 Å². The minimum Gasteiger partial charge on any atom is -0.394 e. The summed E-state index contributed by atoms with van der Waals surface area (Å²) in [4.78, 5) is 0. The molecule has 2 rings (SSSR count). The SMILES string of the molecule is CC(C)c1nn(C)cc1CN[C@@H](CO)c1ccccc1. The molecule has 0 spiro atoms. The van der Waals surface area contributed by atoms with Crippen molar-refractivity contribution in [3.05, 3.63) is 53.3 Å². The van der Waals surface area contributed by atoms with Crippen LogP contribution in [-0.2, 0) is 13.6 Å². The summed E-state index contributed by atoms with van der Waals surface area (Å²) in [5, 5.41) is 17.5. The minimum absolute atomic E-state index is 0.0450. The van der Waals surface area contributed by atoms with E-state index in [4.69, 9.17) is 0 Å². The molecule has 0 aliphatic carbocycles. The van der Waals surface area contributed by atoms with Gasteiger partial charge in [-0.3, -0.25) is 4.68 Å². The molecule has 1 heterocycles. The molecule has 1 aromatic carbocycles. The first kappa shape index (κ1) is 14.8. The Labute approximate surface area is 120 Å². The Kier molecular flexibility index (Phi) is 4.93. The Hall–Kier alpha value is -1.65. The molecule has 0 saturated heterocycles. The van der Waals surface area contributed by atoms with E-state index >= 15 is 0 Å². The predicted molar refractivity (Wildman–Crippen MR) is 80.4 cm³/mol. The lowest BCUT2D eigenvalue weighted by Gasteiger charge is -2.17. The zero-order valence-corrected chi connectivity index (χ0v) is 12.4. The van der Waals surface area contributed by atoms with E-state index in [0.29, 0.717) is 12.5 Å². The first-order valence-electron chi connectivity index (χ1n) is 7.03. The maximum atomic E-state index is 9.56. The molecule has 4 nitrogen and oxygen atoms in total. The molecule has 2 aromatic rings. The molecule has 0 aliphatic rings. The zero-order chi connectivity index (χ0) is 14.5. The maximum absolute atomic E-state index is 9.56. The molecule has 4 heteroatoms. The van der Waals surface area contributed by atoms with Gasteiger partial charge >= 0.3 is 0 Å². The second kappa shape index (κ2) is 6.68. The quantitative estimate of drug-likeness (QED) is 0.849. The molecule has 2 N–H and O–H groups in total. The van der Waals surface area contributed by atoms with Crippen LogP contribution in [0.5, 0.6) is 0 Å². The van der Waals surface area contributed by atoms with Crippen molar-refractivity contribution in [3.63, 3.8) is 0 Å². The molecule has 108 valence electrons. The zero-order valence-electron chi connectivity index (χ0n) is 12.4. The molecule has 0 aliphatic heterocycles. The van der Waals surface area contributed by atoms with Gasteiger partial charge in [0.05, 0.1) is 18.3 Å². The number of aliphatic hydroxyl groups excluding tert-OH is 1. The first-order valence-corrected chi connectivity index (χ1v) is 7.03. The summed E-state index contributed by atoms with van der Waals surface area (Å²) in [5.41, 5.74) is 3.41. The molecule has 0 fully saturated rings. The second-order valence-corrected chi connectivity index (χ2v) is 5.39. The van der Waals surface area contributed by atoms with Crippen LogP contribution in [0.2, 0.25) is 0 Å². The highest BCUT2D eigenvalue weighted by Gasteiger charge is 2.14. The number of aliphatic hydroxyl groups is 1. The third-order valence-electron chi connectivity index (χ3n) is 3.41. The van der Waals surface area contributed by atoms with Crippen LogP contribution in [-0.4, -0.2) is 21.5 Å². The molecule has 0 bridgehead atoms. The van der Waals surface area contributed by atoms with Gasteiger partial charge in [0.25, 0.3) is 0 Å². The van der Waals surface area contributed by atoms with Crippen molar-refractivity contribution in [2.24, 2.45) is 7.05 Å². The number of rotatable bonds is 6. The van der Waals surface area contributed by atoms with Crippen LogP contribution in [0.3, 0.4) is 0 Å². The van der Waals surface area contributed by atoms with Gasteiger partial charge in [-0.05, 0) is 11.5 Å². The highest BCUT2D eigenvalue weighted by atomic mass is 16.3. The van der Waals surface area contributed by atoms with Gasteiger partial charge in [0.1, 0.15) is 0 Å². The molecular weight excluding hydrogens is 250 g/mol. The minimum atomic E-state index is -0.0450. The molecule has 0 saturated carbocycles. The van der Waals surface area contributed by atoms with Crippen LogP contribution < -0.4 is 5.32 Å². The summed E-state index contributed by atoms with van der Waals surface area (Å²) < 4.78 is 1.85. The van der Waals surface area contributed by atoms with E-state index in [1.165, 1.54) is 5.56 Å². The van der Waals surface area contributed by atoms with Crippen LogP contribution in [0.4, 0.5) is 0 Å². The van der Waals surface area contributed by atoms with E-state index in [0.717, 1.165) is 11.3 Å². The molecule has 0 unspecified atom stereocenters. The molecule has 1 aromatic heterocycles. The van der Waals surface area contributed by atoms with Gasteiger partial charge in [-0.1, -0.05) is 44.2 Å². The number of aromatic nitrogens is 2. The summed E-state index contributed by atoms with van der Waals surface area (Å²) in [6, 6.07) is 9.97. The van der Waals surface area contributed by atoms with Gasteiger partial charge < -0.3 is 10.4 Å². The average molecular weight is 273 g/mol. The van der Waals surface area contributed by atoms with Crippen molar-refractivity contribution >= 4 is 0 Å². The van der Waals surface area contributed by atoms with Crippen molar-refractivity contribution in [1.82, 2.24) is 15.1 Å². The third-order valence-corrected chi connectivity index (χ3v) is 3.41. The summed E-state index contributed by atoms with van der Waals surface area (Å²) in [7, 11) is 1.94. The number of nitrogens with one attached hydrogen (secondary N) is 1. The van der Waals surface area contributed by atoms with Gasteiger partial charge in [-0.25, -0.2) is 0 Å². The van der Waals surface area contributed by atoms with Crippen molar-refractivity contribution in [3.8, 4) is 0 Å². The van der Waals surface area contributed by atoms with Gasteiger partial charge in [-0.2, -0.15) is 5.10 Å². The average Bonchev–Trinajstić information content (AvgIpc) is 2.82. The van der Waals surface area contributed by atoms with Crippen LogP contribution in [0.15, 0.2) is 36.5 Å². The first-order chi connectivity index (χ1) is 9.61. The maximum Gasteiger partial charge on any atom is 0.0694 e. The Morgan fingerprint density at radius 2 is 1.95 bits per heavy atom. The number of hydrogen-bond donors (Lipinski definition) is 2. The summed E-state index contributed by atoms with van der Waals surface area (Å²) in [6.07, 6.45) is 2.04. The van der Waals surface area contributed by atoms with Crippen molar-refractivity contribution in [1.29, 1.82) is 0 Å². The normalized spacial score (nSPS) is 12.8. The van der Waals surface area contributed by atoms with E-state index < -0.39 is 0 Å². The molecule has 1 atom stereocenters. The highest BCUT2D eigenvalue weighted by molar-refractivity contribution is 5.22.